The Morgan fingerprint density at radius 1 is 1.24 bits per heavy atom. The summed E-state index contributed by atoms with van der Waals surface area (Å²) in [6, 6.07) is 13.5. The Bertz CT molecular complexity index is 847. The van der Waals surface area contributed by atoms with Gasteiger partial charge in [0, 0.05) is 6.54 Å². The first kappa shape index (κ1) is 17.2. The van der Waals surface area contributed by atoms with Gasteiger partial charge in [-0.15, -0.1) is 0 Å². The standard InChI is InChI=1S/C19H17FN2O2S/c1-3-22-18(23)17(12-13-5-4-6-14(20)11-13)25-19(22)21-15-7-9-16(24-2)10-8-15/h4-12H,3H2,1-2H3/b17-12+,21-19?. The van der Waals surface area contributed by atoms with Crippen LogP contribution in [0.15, 0.2) is 58.4 Å². The van der Waals surface area contributed by atoms with Crippen molar-refractivity contribution in [2.45, 2.75) is 6.92 Å². The predicted octanol–water partition coefficient (Wildman–Crippen LogP) is 4.46. The van der Waals surface area contributed by atoms with Gasteiger partial charge in [0.05, 0.1) is 17.7 Å². The van der Waals surface area contributed by atoms with Crippen LogP contribution in [0.5, 0.6) is 5.75 Å². The number of amidine groups is 1. The summed E-state index contributed by atoms with van der Waals surface area (Å²) in [5.41, 5.74) is 1.39. The molecule has 128 valence electrons. The van der Waals surface area contributed by atoms with Crippen molar-refractivity contribution in [3.05, 3.63) is 64.8 Å². The molecule has 0 aliphatic carbocycles. The molecular weight excluding hydrogens is 339 g/mol. The van der Waals surface area contributed by atoms with Gasteiger partial charge in [0.15, 0.2) is 5.17 Å². The van der Waals surface area contributed by atoms with Gasteiger partial charge in [0.25, 0.3) is 5.91 Å². The molecule has 1 amide bonds. The maximum atomic E-state index is 13.3. The molecule has 2 aromatic rings. The number of methoxy groups -OCH3 is 1. The number of aliphatic imine (C=N–C) groups is 1. The number of carbonyl (C=O) groups excluding carboxylic acids is 1. The second-order valence-corrected chi connectivity index (χ2v) is 6.32. The number of likely N-dealkylation sites (N-methyl/N-ethyl adjacent to an activating group) is 1. The highest BCUT2D eigenvalue weighted by Crippen LogP contribution is 2.34. The maximum Gasteiger partial charge on any atom is 0.266 e. The van der Waals surface area contributed by atoms with Gasteiger partial charge >= 0.3 is 0 Å². The Labute approximate surface area is 150 Å². The number of benzene rings is 2. The Morgan fingerprint density at radius 3 is 2.64 bits per heavy atom. The van der Waals surface area contributed by atoms with Crippen LogP contribution in [0.4, 0.5) is 10.1 Å². The lowest BCUT2D eigenvalue weighted by Crippen LogP contribution is -2.28. The number of hydrogen-bond acceptors (Lipinski definition) is 4. The zero-order valence-electron chi connectivity index (χ0n) is 13.9. The van der Waals surface area contributed by atoms with Crippen molar-refractivity contribution >= 4 is 34.6 Å². The van der Waals surface area contributed by atoms with E-state index < -0.39 is 0 Å². The molecule has 0 radical (unpaired) electrons. The van der Waals surface area contributed by atoms with Crippen LogP contribution in [0.2, 0.25) is 0 Å². The molecule has 1 aliphatic heterocycles. The van der Waals surface area contributed by atoms with E-state index in [9.17, 15) is 9.18 Å². The number of halogens is 1. The maximum absolute atomic E-state index is 13.3. The van der Waals surface area contributed by atoms with Gasteiger partial charge in [-0.1, -0.05) is 12.1 Å². The summed E-state index contributed by atoms with van der Waals surface area (Å²) in [5, 5.41) is 0.611. The van der Waals surface area contributed by atoms with Crippen molar-refractivity contribution in [3.8, 4) is 5.75 Å². The number of thioether (sulfide) groups is 1. The van der Waals surface area contributed by atoms with Crippen molar-refractivity contribution in [3.63, 3.8) is 0 Å². The number of hydrogen-bond donors (Lipinski definition) is 0. The van der Waals surface area contributed by atoms with Crippen molar-refractivity contribution in [2.24, 2.45) is 4.99 Å². The minimum atomic E-state index is -0.329. The molecule has 1 fully saturated rings. The van der Waals surface area contributed by atoms with Gasteiger partial charge in [-0.3, -0.25) is 9.69 Å². The van der Waals surface area contributed by atoms with Gasteiger partial charge in [0.2, 0.25) is 0 Å². The Hall–Kier alpha value is -2.60. The summed E-state index contributed by atoms with van der Waals surface area (Å²) >= 11 is 1.29. The predicted molar refractivity (Wildman–Crippen MR) is 99.4 cm³/mol. The molecule has 0 aromatic heterocycles. The molecular formula is C19H17FN2O2S. The molecule has 25 heavy (non-hydrogen) atoms. The molecule has 3 rings (SSSR count). The lowest BCUT2D eigenvalue weighted by Gasteiger charge is -2.12. The highest BCUT2D eigenvalue weighted by atomic mass is 32.2. The van der Waals surface area contributed by atoms with Gasteiger partial charge in [-0.25, -0.2) is 9.38 Å². The third-order valence-corrected chi connectivity index (χ3v) is 4.65. The zero-order valence-corrected chi connectivity index (χ0v) is 14.7. The van der Waals surface area contributed by atoms with E-state index in [4.69, 9.17) is 4.74 Å². The fourth-order valence-electron chi connectivity index (χ4n) is 2.39. The molecule has 0 saturated carbocycles. The summed E-state index contributed by atoms with van der Waals surface area (Å²) in [6.07, 6.45) is 1.69. The fraction of sp³-hybridized carbons (Fsp3) is 0.158. The second-order valence-electron chi connectivity index (χ2n) is 5.31. The lowest BCUT2D eigenvalue weighted by molar-refractivity contribution is -0.122. The van der Waals surface area contributed by atoms with Crippen molar-refractivity contribution < 1.29 is 13.9 Å². The third-order valence-electron chi connectivity index (χ3n) is 3.65. The topological polar surface area (TPSA) is 41.9 Å². The molecule has 1 saturated heterocycles. The minimum absolute atomic E-state index is 0.121. The number of carbonyl (C=O) groups is 1. The number of rotatable bonds is 4. The molecule has 0 N–H and O–H groups in total. The average molecular weight is 356 g/mol. The largest absolute Gasteiger partial charge is 0.497 e. The van der Waals surface area contributed by atoms with Crippen molar-refractivity contribution in [2.75, 3.05) is 13.7 Å². The van der Waals surface area contributed by atoms with Crippen LogP contribution in [-0.4, -0.2) is 29.6 Å². The summed E-state index contributed by atoms with van der Waals surface area (Å²) in [4.78, 5) is 19.3. The Morgan fingerprint density at radius 2 is 2.00 bits per heavy atom. The smallest absolute Gasteiger partial charge is 0.266 e. The first-order chi connectivity index (χ1) is 12.1. The summed E-state index contributed by atoms with van der Waals surface area (Å²) in [7, 11) is 1.61. The van der Waals surface area contributed by atoms with E-state index in [-0.39, 0.29) is 11.7 Å². The number of amides is 1. The molecule has 0 atom stereocenters. The van der Waals surface area contributed by atoms with Crippen molar-refractivity contribution in [1.82, 2.24) is 4.90 Å². The molecule has 1 aliphatic rings. The monoisotopic (exact) mass is 356 g/mol. The molecule has 4 nitrogen and oxygen atoms in total. The summed E-state index contributed by atoms with van der Waals surface area (Å²) in [6.45, 7) is 2.41. The van der Waals surface area contributed by atoms with Crippen LogP contribution in [0.25, 0.3) is 6.08 Å². The first-order valence-electron chi connectivity index (χ1n) is 7.80. The number of ether oxygens (including phenoxy) is 1. The fourth-order valence-corrected chi connectivity index (χ4v) is 3.45. The first-order valence-corrected chi connectivity index (χ1v) is 8.62. The Kier molecular flexibility index (Phi) is 5.19. The summed E-state index contributed by atoms with van der Waals surface area (Å²) in [5.74, 6) is 0.298. The van der Waals surface area contributed by atoms with Crippen LogP contribution in [0.3, 0.4) is 0 Å². The third kappa shape index (κ3) is 3.91. The molecule has 0 spiro atoms. The second kappa shape index (κ2) is 7.53. The van der Waals surface area contributed by atoms with Crippen LogP contribution in [0.1, 0.15) is 12.5 Å². The van der Waals surface area contributed by atoms with Gasteiger partial charge in [0.1, 0.15) is 11.6 Å². The van der Waals surface area contributed by atoms with E-state index in [1.54, 1.807) is 30.2 Å². The quantitative estimate of drug-likeness (QED) is 0.760. The molecule has 6 heteroatoms. The van der Waals surface area contributed by atoms with Crippen LogP contribution >= 0.6 is 11.8 Å². The Balaban J connectivity index is 1.90. The van der Waals surface area contributed by atoms with E-state index in [1.165, 1.54) is 23.9 Å². The van der Waals surface area contributed by atoms with E-state index in [0.717, 1.165) is 11.4 Å². The van der Waals surface area contributed by atoms with E-state index in [1.807, 2.05) is 31.2 Å². The minimum Gasteiger partial charge on any atom is -0.497 e. The summed E-state index contributed by atoms with van der Waals surface area (Å²) < 4.78 is 18.5. The SMILES string of the molecule is CCN1C(=O)/C(=C\c2cccc(F)c2)SC1=Nc1ccc(OC)cc1. The van der Waals surface area contributed by atoms with Gasteiger partial charge < -0.3 is 4.74 Å². The molecule has 0 bridgehead atoms. The van der Waals surface area contributed by atoms with Gasteiger partial charge in [-0.2, -0.15) is 0 Å². The normalized spacial score (nSPS) is 17.6. The van der Waals surface area contributed by atoms with E-state index >= 15 is 0 Å². The van der Waals surface area contributed by atoms with E-state index in [0.29, 0.717) is 22.2 Å². The average Bonchev–Trinajstić information content (AvgIpc) is 2.90. The van der Waals surface area contributed by atoms with E-state index in [2.05, 4.69) is 4.99 Å². The van der Waals surface area contributed by atoms with Gasteiger partial charge in [-0.05, 0) is 66.7 Å². The zero-order chi connectivity index (χ0) is 17.8. The molecule has 1 heterocycles. The highest BCUT2D eigenvalue weighted by Gasteiger charge is 2.32. The molecule has 2 aromatic carbocycles. The van der Waals surface area contributed by atoms with Crippen LogP contribution < -0.4 is 4.74 Å². The lowest BCUT2D eigenvalue weighted by atomic mass is 10.2. The highest BCUT2D eigenvalue weighted by molar-refractivity contribution is 8.18. The van der Waals surface area contributed by atoms with Crippen LogP contribution in [-0.2, 0) is 4.79 Å². The van der Waals surface area contributed by atoms with Crippen LogP contribution in [0, 0.1) is 5.82 Å². The van der Waals surface area contributed by atoms with Crippen molar-refractivity contribution in [1.29, 1.82) is 0 Å². The number of nitrogens with zero attached hydrogens (tertiary/aromatic N) is 2. The molecule has 0 unspecified atom stereocenters.